The number of ether oxygens (including phenoxy) is 1. The van der Waals surface area contributed by atoms with Crippen LogP contribution in [-0.2, 0) is 9.53 Å². The van der Waals surface area contributed by atoms with E-state index in [-0.39, 0.29) is 12.1 Å². The van der Waals surface area contributed by atoms with Crippen LogP contribution in [-0.4, -0.2) is 35.9 Å². The summed E-state index contributed by atoms with van der Waals surface area (Å²) in [5.74, 6) is -2.23. The van der Waals surface area contributed by atoms with Gasteiger partial charge in [-0.25, -0.2) is 4.79 Å². The fourth-order valence-corrected chi connectivity index (χ4v) is 3.99. The van der Waals surface area contributed by atoms with Gasteiger partial charge in [-0.3, -0.25) is 4.90 Å². The number of halogens is 4. The second-order valence-electron chi connectivity index (χ2n) is 6.86. The van der Waals surface area contributed by atoms with E-state index in [1.807, 2.05) is 0 Å². The minimum atomic E-state index is -5.07. The highest BCUT2D eigenvalue weighted by Gasteiger charge is 2.60. The van der Waals surface area contributed by atoms with Crippen molar-refractivity contribution in [2.75, 3.05) is 11.4 Å². The molecule has 26 heavy (non-hydrogen) atoms. The first kappa shape index (κ1) is 17.4. The summed E-state index contributed by atoms with van der Waals surface area (Å²) >= 11 is 5.91. The van der Waals surface area contributed by atoms with Crippen LogP contribution in [0.5, 0.6) is 0 Å². The average molecular weight is 390 g/mol. The Morgan fingerprint density at radius 3 is 2.88 bits per heavy atom. The molecular weight excluding hydrogens is 375 g/mol. The third-order valence-corrected chi connectivity index (χ3v) is 5.24. The van der Waals surface area contributed by atoms with Crippen molar-refractivity contribution in [1.82, 2.24) is 4.98 Å². The van der Waals surface area contributed by atoms with Crippen molar-refractivity contribution in [1.29, 1.82) is 0 Å². The Morgan fingerprint density at radius 1 is 1.46 bits per heavy atom. The highest BCUT2D eigenvalue weighted by molar-refractivity contribution is 6.31. The Bertz CT molecular complexity index is 871. The van der Waals surface area contributed by atoms with Gasteiger partial charge in [-0.1, -0.05) is 11.6 Å². The van der Waals surface area contributed by atoms with Gasteiger partial charge in [-0.05, 0) is 37.5 Å². The number of aromatic nitrogens is 1. The maximum absolute atomic E-state index is 12.7. The predicted octanol–water partition coefficient (Wildman–Crippen LogP) is 3.23. The maximum Gasteiger partial charge on any atom is 0.491 e. The second-order valence-corrected chi connectivity index (χ2v) is 7.29. The monoisotopic (exact) mass is 389 g/mol. The number of esters is 1. The molecule has 1 saturated heterocycles. The Hall–Kier alpha value is -2.00. The summed E-state index contributed by atoms with van der Waals surface area (Å²) in [6, 6.07) is 4.78. The molecule has 0 bridgehead atoms. The second kappa shape index (κ2) is 5.75. The van der Waals surface area contributed by atoms with Gasteiger partial charge >= 0.3 is 18.2 Å². The normalized spacial score (nSPS) is 28.6. The minimum Gasteiger partial charge on any atom is -0.434 e. The smallest absolute Gasteiger partial charge is 0.434 e. The topological polar surface area (TPSA) is 81.6 Å². The fourth-order valence-electron chi connectivity index (χ4n) is 3.82. The van der Waals surface area contributed by atoms with E-state index in [2.05, 4.69) is 4.98 Å². The number of hydrogen-bond donors (Lipinski definition) is 1. The van der Waals surface area contributed by atoms with Crippen LogP contribution in [0.15, 0.2) is 22.6 Å². The molecule has 1 saturated carbocycles. The number of benzene rings is 1. The molecule has 10 heteroatoms. The van der Waals surface area contributed by atoms with Crippen LogP contribution in [0.4, 0.5) is 19.2 Å². The molecule has 2 fully saturated rings. The molecule has 3 unspecified atom stereocenters. The van der Waals surface area contributed by atoms with Gasteiger partial charge < -0.3 is 14.9 Å². The molecular formula is C16H15ClF3N3O3. The quantitative estimate of drug-likeness (QED) is 0.794. The molecule has 0 radical (unpaired) electrons. The number of fused-ring (bicyclic) bond motifs is 1. The van der Waals surface area contributed by atoms with Gasteiger partial charge in [0.1, 0.15) is 5.52 Å². The lowest BCUT2D eigenvalue weighted by molar-refractivity contribution is -0.216. The van der Waals surface area contributed by atoms with E-state index in [4.69, 9.17) is 26.5 Å². The molecule has 1 aromatic heterocycles. The number of carbonyl (C=O) groups is 1. The van der Waals surface area contributed by atoms with E-state index in [1.165, 1.54) is 4.90 Å². The van der Waals surface area contributed by atoms with Crippen molar-refractivity contribution in [3.8, 4) is 0 Å². The number of carbonyl (C=O) groups excluding carboxylic acids is 1. The lowest BCUT2D eigenvalue weighted by Crippen LogP contribution is -2.66. The Labute approximate surface area is 151 Å². The highest BCUT2D eigenvalue weighted by Crippen LogP contribution is 2.52. The Kier molecular flexibility index (Phi) is 3.85. The minimum absolute atomic E-state index is 0.0911. The van der Waals surface area contributed by atoms with Crippen molar-refractivity contribution < 1.29 is 27.1 Å². The first-order valence-electron chi connectivity index (χ1n) is 8.04. The van der Waals surface area contributed by atoms with Crippen LogP contribution < -0.4 is 10.6 Å². The van der Waals surface area contributed by atoms with E-state index in [0.717, 1.165) is 0 Å². The zero-order valence-corrected chi connectivity index (χ0v) is 14.2. The van der Waals surface area contributed by atoms with Gasteiger partial charge in [-0.2, -0.15) is 18.2 Å². The van der Waals surface area contributed by atoms with Crippen molar-refractivity contribution in [3.63, 3.8) is 0 Å². The summed E-state index contributed by atoms with van der Waals surface area (Å²) in [4.78, 5) is 17.1. The van der Waals surface area contributed by atoms with E-state index in [9.17, 15) is 18.0 Å². The fraction of sp³-hybridized carbons (Fsp3) is 0.500. The van der Waals surface area contributed by atoms with Gasteiger partial charge in [0, 0.05) is 23.0 Å². The van der Waals surface area contributed by atoms with Crippen LogP contribution in [0.2, 0.25) is 5.02 Å². The van der Waals surface area contributed by atoms with Crippen LogP contribution in [0.25, 0.3) is 11.1 Å². The van der Waals surface area contributed by atoms with E-state index < -0.39 is 23.8 Å². The molecule has 6 nitrogen and oxygen atoms in total. The van der Waals surface area contributed by atoms with Crippen molar-refractivity contribution in [2.45, 2.75) is 37.7 Å². The average Bonchev–Trinajstić information content (AvgIpc) is 3.13. The summed E-state index contributed by atoms with van der Waals surface area (Å²) in [5, 5.41) is 0.458. The van der Waals surface area contributed by atoms with E-state index in [0.29, 0.717) is 41.9 Å². The molecule has 1 aromatic carbocycles. The lowest BCUT2D eigenvalue weighted by atomic mass is 9.75. The summed E-state index contributed by atoms with van der Waals surface area (Å²) in [7, 11) is 0. The number of hydrogen-bond acceptors (Lipinski definition) is 6. The first-order valence-corrected chi connectivity index (χ1v) is 8.42. The van der Waals surface area contributed by atoms with E-state index >= 15 is 0 Å². The molecule has 4 rings (SSSR count). The van der Waals surface area contributed by atoms with Gasteiger partial charge in [0.05, 0.1) is 0 Å². The highest BCUT2D eigenvalue weighted by atomic mass is 35.5. The van der Waals surface area contributed by atoms with Gasteiger partial charge in [0.2, 0.25) is 0 Å². The molecule has 1 aliphatic carbocycles. The third kappa shape index (κ3) is 2.79. The lowest BCUT2D eigenvalue weighted by Gasteiger charge is -2.53. The zero-order chi connectivity index (χ0) is 18.7. The Balaban J connectivity index is 1.64. The van der Waals surface area contributed by atoms with Gasteiger partial charge in [0.25, 0.3) is 0 Å². The van der Waals surface area contributed by atoms with Gasteiger partial charge in [-0.15, -0.1) is 0 Å². The number of nitrogens with two attached hydrogens (primary N) is 1. The maximum atomic E-state index is 12.7. The number of rotatable bonds is 2. The van der Waals surface area contributed by atoms with Crippen molar-refractivity contribution >= 4 is 34.7 Å². The predicted molar refractivity (Wildman–Crippen MR) is 86.6 cm³/mol. The zero-order valence-electron chi connectivity index (χ0n) is 13.4. The molecule has 140 valence electrons. The Morgan fingerprint density at radius 2 is 2.23 bits per heavy atom. The molecule has 1 spiro atoms. The summed E-state index contributed by atoms with van der Waals surface area (Å²) in [6.07, 6.45) is -4.47. The molecule has 2 heterocycles. The summed E-state index contributed by atoms with van der Waals surface area (Å²) in [6.45, 7) is 0.358. The molecule has 2 N–H and O–H groups in total. The van der Waals surface area contributed by atoms with Crippen LogP contribution >= 0.6 is 11.6 Å². The standard InChI is InChI=1S/C16H15ClF3N3O3/c17-8-1-2-11-10(5-8)22-14(25-11)23-7-15(4-3-9(21)6-15)12(23)26-13(24)16(18,19)20/h1-2,5,9,12H,3-4,6-7,21H2. The van der Waals surface area contributed by atoms with Crippen LogP contribution in [0.3, 0.4) is 0 Å². The molecule has 3 atom stereocenters. The van der Waals surface area contributed by atoms with Crippen LogP contribution in [0, 0.1) is 5.41 Å². The van der Waals surface area contributed by atoms with Crippen LogP contribution in [0.1, 0.15) is 19.3 Å². The molecule has 1 aliphatic heterocycles. The number of anilines is 1. The van der Waals surface area contributed by atoms with E-state index in [1.54, 1.807) is 18.2 Å². The summed E-state index contributed by atoms with van der Waals surface area (Å²) in [5.41, 5.74) is 6.22. The van der Waals surface area contributed by atoms with Crippen molar-refractivity contribution in [3.05, 3.63) is 23.2 Å². The van der Waals surface area contributed by atoms with Crippen molar-refractivity contribution in [2.24, 2.45) is 11.1 Å². The largest absolute Gasteiger partial charge is 0.491 e. The molecule has 2 aromatic rings. The number of nitrogens with zero attached hydrogens (tertiary/aromatic N) is 2. The molecule has 0 amide bonds. The number of alkyl halides is 3. The SMILES string of the molecule is NC1CCC2(C1)CN(c1nc3cc(Cl)ccc3o1)C2OC(=O)C(F)(F)F. The first-order chi connectivity index (χ1) is 12.2. The van der Waals surface area contributed by atoms with Gasteiger partial charge in [0.15, 0.2) is 11.8 Å². The third-order valence-electron chi connectivity index (χ3n) is 5.01. The summed E-state index contributed by atoms with van der Waals surface area (Å²) < 4.78 is 48.5. The molecule has 2 aliphatic rings. The number of oxazole rings is 1.